The Hall–Kier alpha value is -2.78. The Balaban J connectivity index is 1.86. The normalized spacial score (nSPS) is 11.2. The molecule has 0 aliphatic carbocycles. The molecule has 9 heteroatoms. The van der Waals surface area contributed by atoms with Crippen LogP contribution in [0.15, 0.2) is 47.4 Å². The van der Waals surface area contributed by atoms with Crippen molar-refractivity contribution in [2.75, 3.05) is 32.2 Å². The number of para-hydroxylation sites is 1. The molecular weight excluding hydrogens is 400 g/mol. The molecule has 0 spiro atoms. The number of aromatic carboxylic acids is 1. The number of aromatic hydroxyl groups is 1. The van der Waals surface area contributed by atoms with Gasteiger partial charge in [0.1, 0.15) is 17.9 Å². The van der Waals surface area contributed by atoms with Crippen LogP contribution in [0.4, 0.5) is 0 Å². The molecular formula is C20H24O8S. The average Bonchev–Trinajstić information content (AvgIpc) is 2.70. The Kier molecular flexibility index (Phi) is 8.29. The van der Waals surface area contributed by atoms with E-state index in [4.69, 9.17) is 19.3 Å². The van der Waals surface area contributed by atoms with E-state index in [1.807, 2.05) is 6.92 Å². The molecule has 0 atom stereocenters. The second-order valence-electron chi connectivity index (χ2n) is 6.00. The molecule has 0 amide bonds. The van der Waals surface area contributed by atoms with Crippen LogP contribution in [0.1, 0.15) is 23.7 Å². The Morgan fingerprint density at radius 1 is 1.00 bits per heavy atom. The van der Waals surface area contributed by atoms with Crippen LogP contribution >= 0.6 is 0 Å². The van der Waals surface area contributed by atoms with Gasteiger partial charge in [-0.05, 0) is 49.7 Å². The summed E-state index contributed by atoms with van der Waals surface area (Å²) in [5.41, 5.74) is -0.279. The first-order chi connectivity index (χ1) is 13.8. The van der Waals surface area contributed by atoms with Crippen LogP contribution < -0.4 is 9.47 Å². The average molecular weight is 424 g/mol. The van der Waals surface area contributed by atoms with Gasteiger partial charge in [-0.25, -0.2) is 13.2 Å². The number of ether oxygens (including phenoxy) is 3. The number of carboxylic acids is 1. The molecule has 0 saturated carbocycles. The summed E-state index contributed by atoms with van der Waals surface area (Å²) < 4.78 is 40.8. The molecule has 0 unspecified atom stereocenters. The fourth-order valence-electron chi connectivity index (χ4n) is 2.47. The zero-order valence-corrected chi connectivity index (χ0v) is 16.9. The smallest absolute Gasteiger partial charge is 0.339 e. The van der Waals surface area contributed by atoms with Gasteiger partial charge in [0, 0.05) is 6.61 Å². The Morgan fingerprint density at radius 3 is 2.38 bits per heavy atom. The first-order valence-electron chi connectivity index (χ1n) is 9.06. The van der Waals surface area contributed by atoms with Crippen LogP contribution in [0, 0.1) is 0 Å². The Morgan fingerprint density at radius 2 is 1.72 bits per heavy atom. The van der Waals surface area contributed by atoms with E-state index >= 15 is 0 Å². The molecule has 2 aromatic carbocycles. The fourth-order valence-corrected chi connectivity index (χ4v) is 3.75. The van der Waals surface area contributed by atoms with Crippen molar-refractivity contribution in [2.45, 2.75) is 18.2 Å². The monoisotopic (exact) mass is 424 g/mol. The second-order valence-corrected chi connectivity index (χ2v) is 8.10. The standard InChI is InChI=1S/C20H24O8S/c1-2-26-12-13-27-15-7-9-16(10-8-15)29(24,25)14-4-11-28-18-6-3-5-17(19(18)21)20(22)23/h3,5-10,21H,2,4,11-14H2,1H3,(H,22,23). The van der Waals surface area contributed by atoms with Gasteiger partial charge in [-0.15, -0.1) is 0 Å². The topological polar surface area (TPSA) is 119 Å². The number of rotatable bonds is 12. The summed E-state index contributed by atoms with van der Waals surface area (Å²) in [6, 6.07) is 10.2. The zero-order valence-electron chi connectivity index (χ0n) is 16.0. The summed E-state index contributed by atoms with van der Waals surface area (Å²) >= 11 is 0. The van der Waals surface area contributed by atoms with E-state index in [0.717, 1.165) is 0 Å². The number of phenols is 1. The summed E-state index contributed by atoms with van der Waals surface area (Å²) in [5.74, 6) is -1.36. The summed E-state index contributed by atoms with van der Waals surface area (Å²) in [5, 5.41) is 18.8. The molecule has 0 radical (unpaired) electrons. The lowest BCUT2D eigenvalue weighted by atomic mass is 10.2. The molecule has 8 nitrogen and oxygen atoms in total. The minimum Gasteiger partial charge on any atom is -0.504 e. The molecule has 0 aromatic heterocycles. The third kappa shape index (κ3) is 6.65. The molecule has 0 aliphatic rings. The number of sulfone groups is 1. The van der Waals surface area contributed by atoms with Crippen molar-refractivity contribution in [3.05, 3.63) is 48.0 Å². The third-order valence-electron chi connectivity index (χ3n) is 3.93. The molecule has 0 bridgehead atoms. The number of hydrogen-bond donors (Lipinski definition) is 2. The van der Waals surface area contributed by atoms with Crippen LogP contribution in [0.5, 0.6) is 17.2 Å². The lowest BCUT2D eigenvalue weighted by Crippen LogP contribution is -2.11. The quantitative estimate of drug-likeness (QED) is 0.499. The van der Waals surface area contributed by atoms with Crippen molar-refractivity contribution in [1.82, 2.24) is 0 Å². The van der Waals surface area contributed by atoms with Gasteiger partial charge in [-0.1, -0.05) is 6.07 Å². The van der Waals surface area contributed by atoms with Gasteiger partial charge in [-0.2, -0.15) is 0 Å². The molecule has 0 fully saturated rings. The number of hydrogen-bond acceptors (Lipinski definition) is 7. The highest BCUT2D eigenvalue weighted by Gasteiger charge is 2.16. The molecule has 158 valence electrons. The molecule has 0 saturated heterocycles. The summed E-state index contributed by atoms with van der Waals surface area (Å²) in [4.78, 5) is 11.2. The fraction of sp³-hybridized carbons (Fsp3) is 0.350. The van der Waals surface area contributed by atoms with E-state index in [2.05, 4.69) is 0 Å². The van der Waals surface area contributed by atoms with Crippen molar-refractivity contribution >= 4 is 15.8 Å². The molecule has 2 rings (SSSR count). The highest BCUT2D eigenvalue weighted by Crippen LogP contribution is 2.29. The number of carbonyl (C=O) groups is 1. The SMILES string of the molecule is CCOCCOc1ccc(S(=O)(=O)CCCOc2cccc(C(=O)O)c2O)cc1. The summed E-state index contributed by atoms with van der Waals surface area (Å²) in [6.45, 7) is 3.35. The van der Waals surface area contributed by atoms with Gasteiger partial charge in [0.25, 0.3) is 0 Å². The Labute approximate surface area is 169 Å². The lowest BCUT2D eigenvalue weighted by Gasteiger charge is -2.10. The number of carboxylic acid groups (broad SMARTS) is 1. The Bertz CT molecular complexity index is 907. The second kappa shape index (κ2) is 10.7. The van der Waals surface area contributed by atoms with E-state index in [1.54, 1.807) is 12.1 Å². The van der Waals surface area contributed by atoms with Gasteiger partial charge in [0.2, 0.25) is 0 Å². The third-order valence-corrected chi connectivity index (χ3v) is 5.74. The summed E-state index contributed by atoms with van der Waals surface area (Å²) in [6.07, 6.45) is 0.172. The van der Waals surface area contributed by atoms with Gasteiger partial charge >= 0.3 is 5.97 Å². The van der Waals surface area contributed by atoms with Crippen LogP contribution in [0.2, 0.25) is 0 Å². The van der Waals surface area contributed by atoms with Gasteiger partial charge in [0.05, 0.1) is 23.9 Å². The zero-order chi connectivity index (χ0) is 21.3. The van der Waals surface area contributed by atoms with Gasteiger partial charge < -0.3 is 24.4 Å². The number of benzene rings is 2. The van der Waals surface area contributed by atoms with Crippen LogP contribution in [-0.4, -0.2) is 56.8 Å². The van der Waals surface area contributed by atoms with E-state index in [-0.39, 0.29) is 35.0 Å². The maximum absolute atomic E-state index is 12.4. The predicted molar refractivity (Wildman–Crippen MR) is 106 cm³/mol. The summed E-state index contributed by atoms with van der Waals surface area (Å²) in [7, 11) is -3.51. The molecule has 29 heavy (non-hydrogen) atoms. The van der Waals surface area contributed by atoms with Crippen molar-refractivity contribution < 1.29 is 37.6 Å². The van der Waals surface area contributed by atoms with E-state index in [0.29, 0.717) is 25.6 Å². The van der Waals surface area contributed by atoms with Crippen LogP contribution in [0.3, 0.4) is 0 Å². The largest absolute Gasteiger partial charge is 0.504 e. The molecule has 2 aromatic rings. The van der Waals surface area contributed by atoms with E-state index < -0.39 is 21.6 Å². The van der Waals surface area contributed by atoms with Gasteiger partial charge in [-0.3, -0.25) is 0 Å². The van der Waals surface area contributed by atoms with Crippen LogP contribution in [-0.2, 0) is 14.6 Å². The predicted octanol–water partition coefficient (Wildman–Crippen LogP) is 2.75. The first kappa shape index (κ1) is 22.5. The molecule has 0 aliphatic heterocycles. The van der Waals surface area contributed by atoms with Crippen molar-refractivity contribution in [3.63, 3.8) is 0 Å². The maximum atomic E-state index is 12.4. The van der Waals surface area contributed by atoms with E-state index in [9.17, 15) is 18.3 Å². The lowest BCUT2D eigenvalue weighted by molar-refractivity contribution is 0.0692. The minimum atomic E-state index is -3.51. The van der Waals surface area contributed by atoms with Crippen molar-refractivity contribution in [1.29, 1.82) is 0 Å². The van der Waals surface area contributed by atoms with Crippen molar-refractivity contribution in [3.8, 4) is 17.2 Å². The van der Waals surface area contributed by atoms with Crippen LogP contribution in [0.25, 0.3) is 0 Å². The first-order valence-corrected chi connectivity index (χ1v) is 10.7. The minimum absolute atomic E-state index is 0.00384. The van der Waals surface area contributed by atoms with E-state index in [1.165, 1.54) is 30.3 Å². The molecule has 0 heterocycles. The maximum Gasteiger partial charge on any atom is 0.339 e. The van der Waals surface area contributed by atoms with Crippen molar-refractivity contribution in [2.24, 2.45) is 0 Å². The highest BCUT2D eigenvalue weighted by molar-refractivity contribution is 7.91. The van der Waals surface area contributed by atoms with Gasteiger partial charge in [0.15, 0.2) is 21.3 Å². The highest BCUT2D eigenvalue weighted by atomic mass is 32.2. The molecule has 2 N–H and O–H groups in total.